The van der Waals surface area contributed by atoms with Gasteiger partial charge in [0.25, 0.3) is 0 Å². The van der Waals surface area contributed by atoms with Gasteiger partial charge in [0.1, 0.15) is 11.4 Å². The van der Waals surface area contributed by atoms with Crippen LogP contribution in [-0.4, -0.2) is 38.3 Å². The van der Waals surface area contributed by atoms with Crippen molar-refractivity contribution in [3.05, 3.63) is 30.1 Å². The number of halogens is 1. The Morgan fingerprint density at radius 1 is 1.40 bits per heavy atom. The molecule has 1 atom stereocenters. The Labute approximate surface area is 119 Å². The summed E-state index contributed by atoms with van der Waals surface area (Å²) in [4.78, 5) is 13.9. The molecule has 1 N–H and O–H groups in total. The number of hydrogen-bond donors (Lipinski definition) is 1. The van der Waals surface area contributed by atoms with E-state index in [2.05, 4.69) is 5.32 Å². The molecule has 0 saturated carbocycles. The van der Waals surface area contributed by atoms with Gasteiger partial charge in [0.15, 0.2) is 0 Å². The predicted molar refractivity (Wildman–Crippen MR) is 78.4 cm³/mol. The van der Waals surface area contributed by atoms with Gasteiger partial charge < -0.3 is 15.0 Å². The van der Waals surface area contributed by atoms with E-state index in [1.54, 1.807) is 39.1 Å². The first-order chi connectivity index (χ1) is 9.48. The average Bonchev–Trinajstić information content (AvgIpc) is 2.45. The predicted octanol–water partition coefficient (Wildman–Crippen LogP) is 2.19. The molecule has 0 aliphatic rings. The number of ether oxygens (including phenoxy) is 1. The maximum Gasteiger partial charge on any atom is 0.327 e. The highest BCUT2D eigenvalue weighted by atomic mass is 19.1. The Bertz CT molecular complexity index is 453. The molecule has 0 amide bonds. The molecular weight excluding hydrogens is 259 g/mol. The zero-order chi connectivity index (χ0) is 15.2. The third-order valence-corrected chi connectivity index (χ3v) is 3.36. The van der Waals surface area contributed by atoms with Crippen LogP contribution in [0.5, 0.6) is 0 Å². The highest BCUT2D eigenvalue weighted by Crippen LogP contribution is 2.21. The van der Waals surface area contributed by atoms with Crippen LogP contribution in [0.3, 0.4) is 0 Å². The van der Waals surface area contributed by atoms with Gasteiger partial charge in [0.2, 0.25) is 0 Å². The number of carbonyl (C=O) groups is 1. The zero-order valence-electron chi connectivity index (χ0n) is 12.6. The molecule has 1 aromatic carbocycles. The van der Waals surface area contributed by atoms with Gasteiger partial charge in [-0.15, -0.1) is 0 Å². The van der Waals surface area contributed by atoms with Crippen molar-refractivity contribution >= 4 is 11.7 Å². The van der Waals surface area contributed by atoms with Crippen LogP contribution in [0.4, 0.5) is 10.1 Å². The normalized spacial score (nSPS) is 13.7. The lowest BCUT2D eigenvalue weighted by Gasteiger charge is -2.34. The number of nitrogens with one attached hydrogen (secondary N) is 1. The highest BCUT2D eigenvalue weighted by Gasteiger charge is 2.35. The van der Waals surface area contributed by atoms with E-state index in [0.29, 0.717) is 25.4 Å². The number of para-hydroxylation sites is 1. The van der Waals surface area contributed by atoms with Crippen LogP contribution in [0.15, 0.2) is 24.3 Å². The number of rotatable bonds is 7. The fourth-order valence-corrected chi connectivity index (χ4v) is 1.99. The second-order valence-corrected chi connectivity index (χ2v) is 4.77. The molecule has 4 nitrogen and oxygen atoms in total. The Morgan fingerprint density at radius 2 is 2.05 bits per heavy atom. The monoisotopic (exact) mass is 282 g/mol. The lowest BCUT2D eigenvalue weighted by atomic mass is 10.0. The minimum atomic E-state index is -0.881. The SMILES string of the molecule is CCOC(=O)C(C)(CN(CC)c1ccccc1F)NC. The van der Waals surface area contributed by atoms with Gasteiger partial charge in [-0.3, -0.25) is 0 Å². The summed E-state index contributed by atoms with van der Waals surface area (Å²) in [5.74, 6) is -0.631. The van der Waals surface area contributed by atoms with Gasteiger partial charge in [-0.1, -0.05) is 12.1 Å². The molecule has 1 rings (SSSR count). The lowest BCUT2D eigenvalue weighted by Crippen LogP contribution is -2.56. The highest BCUT2D eigenvalue weighted by molar-refractivity contribution is 5.81. The van der Waals surface area contributed by atoms with Crippen molar-refractivity contribution in [1.82, 2.24) is 5.32 Å². The van der Waals surface area contributed by atoms with Crippen LogP contribution >= 0.6 is 0 Å². The van der Waals surface area contributed by atoms with Crippen LogP contribution in [0, 0.1) is 5.82 Å². The maximum absolute atomic E-state index is 13.9. The third-order valence-electron chi connectivity index (χ3n) is 3.36. The smallest absolute Gasteiger partial charge is 0.327 e. The summed E-state index contributed by atoms with van der Waals surface area (Å²) in [5.41, 5.74) is -0.394. The van der Waals surface area contributed by atoms with E-state index in [0.717, 1.165) is 0 Å². The Hall–Kier alpha value is -1.62. The Kier molecular flexibility index (Phi) is 5.95. The van der Waals surface area contributed by atoms with E-state index in [-0.39, 0.29) is 11.8 Å². The van der Waals surface area contributed by atoms with Crippen molar-refractivity contribution < 1.29 is 13.9 Å². The minimum Gasteiger partial charge on any atom is -0.465 e. The molecule has 0 aliphatic heterocycles. The van der Waals surface area contributed by atoms with Crippen LogP contribution in [0.2, 0.25) is 0 Å². The molecule has 1 unspecified atom stereocenters. The Morgan fingerprint density at radius 3 is 2.55 bits per heavy atom. The van der Waals surface area contributed by atoms with Crippen LogP contribution in [0.1, 0.15) is 20.8 Å². The molecule has 1 aromatic rings. The largest absolute Gasteiger partial charge is 0.465 e. The summed E-state index contributed by atoms with van der Waals surface area (Å²) in [6.07, 6.45) is 0. The molecule has 5 heteroatoms. The van der Waals surface area contributed by atoms with Crippen LogP contribution < -0.4 is 10.2 Å². The molecule has 20 heavy (non-hydrogen) atoms. The summed E-state index contributed by atoms with van der Waals surface area (Å²) in [6.45, 7) is 6.70. The number of hydrogen-bond acceptors (Lipinski definition) is 4. The van der Waals surface area contributed by atoms with Gasteiger partial charge in [0, 0.05) is 13.1 Å². The van der Waals surface area contributed by atoms with Crippen molar-refractivity contribution in [2.75, 3.05) is 31.6 Å². The molecule has 0 aromatic heterocycles. The molecule has 112 valence electrons. The number of anilines is 1. The van der Waals surface area contributed by atoms with Gasteiger partial charge in [0.05, 0.1) is 12.3 Å². The molecule has 0 fully saturated rings. The molecule has 0 radical (unpaired) electrons. The maximum atomic E-state index is 13.9. The van der Waals surface area contributed by atoms with Crippen LogP contribution in [0.25, 0.3) is 0 Å². The fourth-order valence-electron chi connectivity index (χ4n) is 1.99. The number of likely N-dealkylation sites (N-methyl/N-ethyl adjacent to an activating group) is 2. The quantitative estimate of drug-likeness (QED) is 0.778. The summed E-state index contributed by atoms with van der Waals surface area (Å²) in [5, 5.41) is 2.98. The van der Waals surface area contributed by atoms with E-state index < -0.39 is 5.54 Å². The minimum absolute atomic E-state index is 0.295. The molecule has 0 saturated heterocycles. The molecule has 0 heterocycles. The third kappa shape index (κ3) is 3.70. The summed E-state index contributed by atoms with van der Waals surface area (Å²) in [6, 6.07) is 6.55. The second kappa shape index (κ2) is 7.24. The van der Waals surface area contributed by atoms with Crippen molar-refractivity contribution in [3.8, 4) is 0 Å². The van der Waals surface area contributed by atoms with Gasteiger partial charge in [-0.05, 0) is 40.0 Å². The van der Waals surface area contributed by atoms with Gasteiger partial charge in [-0.25, -0.2) is 9.18 Å². The van der Waals surface area contributed by atoms with E-state index in [4.69, 9.17) is 4.74 Å². The number of benzene rings is 1. The van der Waals surface area contributed by atoms with Crippen molar-refractivity contribution in [2.24, 2.45) is 0 Å². The standard InChI is InChI=1S/C15H23FN2O2/c1-5-18(13-10-8-7-9-12(13)16)11-15(3,17-4)14(19)20-6-2/h7-10,17H,5-6,11H2,1-4H3. The summed E-state index contributed by atoms with van der Waals surface area (Å²) in [7, 11) is 1.70. The first-order valence-electron chi connectivity index (χ1n) is 6.84. The van der Waals surface area contributed by atoms with Crippen molar-refractivity contribution in [1.29, 1.82) is 0 Å². The first kappa shape index (κ1) is 16.4. The second-order valence-electron chi connectivity index (χ2n) is 4.77. The number of carbonyl (C=O) groups excluding carboxylic acids is 1. The molecule has 0 aliphatic carbocycles. The molecule has 0 spiro atoms. The van der Waals surface area contributed by atoms with Crippen LogP contribution in [-0.2, 0) is 9.53 Å². The number of nitrogens with zero attached hydrogens (tertiary/aromatic N) is 1. The van der Waals surface area contributed by atoms with E-state index in [9.17, 15) is 9.18 Å². The summed E-state index contributed by atoms with van der Waals surface area (Å²) >= 11 is 0. The molecular formula is C15H23FN2O2. The van der Waals surface area contributed by atoms with Gasteiger partial charge in [-0.2, -0.15) is 0 Å². The Balaban J connectivity index is 2.96. The van der Waals surface area contributed by atoms with Crippen molar-refractivity contribution in [3.63, 3.8) is 0 Å². The van der Waals surface area contributed by atoms with Crippen molar-refractivity contribution in [2.45, 2.75) is 26.3 Å². The zero-order valence-corrected chi connectivity index (χ0v) is 12.6. The summed E-state index contributed by atoms with van der Waals surface area (Å²) < 4.78 is 19.0. The molecule has 0 bridgehead atoms. The van der Waals surface area contributed by atoms with E-state index in [1.165, 1.54) is 6.07 Å². The number of esters is 1. The topological polar surface area (TPSA) is 41.6 Å². The van der Waals surface area contributed by atoms with E-state index >= 15 is 0 Å². The average molecular weight is 282 g/mol. The lowest BCUT2D eigenvalue weighted by molar-refractivity contribution is -0.149. The van der Waals surface area contributed by atoms with E-state index in [1.807, 2.05) is 11.8 Å². The fraction of sp³-hybridized carbons (Fsp3) is 0.533. The first-order valence-corrected chi connectivity index (χ1v) is 6.84. The van der Waals surface area contributed by atoms with Gasteiger partial charge >= 0.3 is 5.97 Å².